The highest BCUT2D eigenvalue weighted by molar-refractivity contribution is 5.78. The van der Waals surface area contributed by atoms with Crippen LogP contribution in [0.3, 0.4) is 0 Å². The van der Waals surface area contributed by atoms with Crippen LogP contribution in [-0.4, -0.2) is 0 Å². The topological polar surface area (TPSA) is 9.23 Å². The quantitative estimate of drug-likeness (QED) is 0.704. The molecule has 104 valence electrons. The van der Waals surface area contributed by atoms with E-state index in [9.17, 15) is 0 Å². The fraction of sp³-hybridized carbons (Fsp3) is 0.100. The van der Waals surface area contributed by atoms with Crippen LogP contribution in [0.1, 0.15) is 16.7 Å². The van der Waals surface area contributed by atoms with Crippen LogP contribution in [0.5, 0.6) is 5.75 Å². The van der Waals surface area contributed by atoms with Crippen molar-refractivity contribution in [1.82, 2.24) is 0 Å². The van der Waals surface area contributed by atoms with E-state index in [2.05, 4.69) is 62.1 Å². The third-order valence-electron chi connectivity index (χ3n) is 3.61. The lowest BCUT2D eigenvalue weighted by atomic mass is 10.0. The number of hydrogen-bond donors (Lipinski definition) is 0. The first-order valence-electron chi connectivity index (χ1n) is 7.13. The molecule has 1 heterocycles. The van der Waals surface area contributed by atoms with E-state index in [4.69, 9.17) is 4.74 Å². The number of para-hydroxylation sites is 1. The molecule has 3 rings (SSSR count). The largest absolute Gasteiger partial charge is 0.457 e. The molecular weight excluding hydrogens is 256 g/mol. The predicted octanol–water partition coefficient (Wildman–Crippen LogP) is 5.08. The van der Waals surface area contributed by atoms with E-state index < -0.39 is 0 Å². The van der Waals surface area contributed by atoms with Gasteiger partial charge in [0.25, 0.3) is 0 Å². The molecule has 21 heavy (non-hydrogen) atoms. The van der Waals surface area contributed by atoms with E-state index in [-0.39, 0.29) is 0 Å². The highest BCUT2D eigenvalue weighted by Crippen LogP contribution is 2.29. The molecule has 0 radical (unpaired) electrons. The molecule has 0 saturated heterocycles. The molecule has 1 nitrogen and oxygen atoms in total. The Morgan fingerprint density at radius 3 is 2.57 bits per heavy atom. The van der Waals surface area contributed by atoms with Gasteiger partial charge in [-0.2, -0.15) is 0 Å². The van der Waals surface area contributed by atoms with Crippen LogP contribution in [0.2, 0.25) is 0 Å². The predicted molar refractivity (Wildman–Crippen MR) is 88.2 cm³/mol. The Bertz CT molecular complexity index is 718. The molecule has 2 aromatic carbocycles. The fourth-order valence-corrected chi connectivity index (χ4v) is 2.40. The summed E-state index contributed by atoms with van der Waals surface area (Å²) in [6.07, 6.45) is 7.15. The zero-order chi connectivity index (χ0) is 14.7. The van der Waals surface area contributed by atoms with Crippen molar-refractivity contribution in [1.29, 1.82) is 0 Å². The molecule has 0 N–H and O–H groups in total. The minimum atomic E-state index is 0.679. The smallest absolute Gasteiger partial charge is 0.130 e. The molecule has 0 spiro atoms. The number of hydrogen-bond acceptors (Lipinski definition) is 1. The van der Waals surface area contributed by atoms with Crippen molar-refractivity contribution in [3.05, 3.63) is 95.8 Å². The standard InChI is InChI=1S/C20H18O/c1-15-11-13-17(14-12-15)19-9-5-3-7-18-8-4-6-10-20(18)21-16(19)2/h3-6,8-14H,2,7H2,1H3/b5-3-,19-9+. The van der Waals surface area contributed by atoms with Gasteiger partial charge in [-0.3, -0.25) is 0 Å². The number of allylic oxidation sites excluding steroid dienone is 4. The first-order valence-corrected chi connectivity index (χ1v) is 7.13. The van der Waals surface area contributed by atoms with Crippen molar-refractivity contribution in [2.45, 2.75) is 13.3 Å². The van der Waals surface area contributed by atoms with Gasteiger partial charge in [-0.15, -0.1) is 0 Å². The van der Waals surface area contributed by atoms with E-state index in [1.165, 1.54) is 11.1 Å². The molecule has 1 aliphatic rings. The molecule has 0 saturated carbocycles. The Balaban J connectivity index is 1.99. The van der Waals surface area contributed by atoms with Crippen molar-refractivity contribution < 1.29 is 4.74 Å². The lowest BCUT2D eigenvalue weighted by Gasteiger charge is -2.14. The normalized spacial score (nSPS) is 18.3. The van der Waals surface area contributed by atoms with Crippen LogP contribution in [0.25, 0.3) is 5.57 Å². The second-order valence-corrected chi connectivity index (χ2v) is 5.21. The van der Waals surface area contributed by atoms with Gasteiger partial charge in [0.2, 0.25) is 0 Å². The summed E-state index contributed by atoms with van der Waals surface area (Å²) in [5, 5.41) is 0. The van der Waals surface area contributed by atoms with Gasteiger partial charge in [-0.05, 0) is 30.5 Å². The number of benzene rings is 2. The zero-order valence-corrected chi connectivity index (χ0v) is 12.2. The van der Waals surface area contributed by atoms with Gasteiger partial charge in [-0.1, -0.05) is 72.8 Å². The Hall–Kier alpha value is -2.54. The molecule has 1 heteroatoms. The highest BCUT2D eigenvalue weighted by atomic mass is 16.5. The monoisotopic (exact) mass is 274 g/mol. The van der Waals surface area contributed by atoms with Gasteiger partial charge < -0.3 is 4.74 Å². The molecule has 0 amide bonds. The molecule has 1 aliphatic heterocycles. The van der Waals surface area contributed by atoms with Crippen molar-refractivity contribution in [2.24, 2.45) is 0 Å². The van der Waals surface area contributed by atoms with Crippen LogP contribution in [0.15, 0.2) is 79.1 Å². The average Bonchev–Trinajstić information content (AvgIpc) is 2.57. The van der Waals surface area contributed by atoms with Gasteiger partial charge >= 0.3 is 0 Å². The summed E-state index contributed by atoms with van der Waals surface area (Å²) in [6.45, 7) is 6.20. The minimum absolute atomic E-state index is 0.679. The Morgan fingerprint density at radius 2 is 1.76 bits per heavy atom. The van der Waals surface area contributed by atoms with Gasteiger partial charge in [0.05, 0.1) is 0 Å². The van der Waals surface area contributed by atoms with E-state index in [0.29, 0.717) is 5.76 Å². The summed E-state index contributed by atoms with van der Waals surface area (Å²) < 4.78 is 6.01. The Morgan fingerprint density at radius 1 is 1.00 bits per heavy atom. The summed E-state index contributed by atoms with van der Waals surface area (Å²) in [6, 6.07) is 16.5. The molecule has 0 unspecified atom stereocenters. The van der Waals surface area contributed by atoms with E-state index in [0.717, 1.165) is 23.3 Å². The molecular formula is C20H18O. The van der Waals surface area contributed by atoms with Gasteiger partial charge in [0, 0.05) is 5.57 Å². The first kappa shape index (κ1) is 13.4. The number of rotatable bonds is 1. The lowest BCUT2D eigenvalue weighted by molar-refractivity contribution is 0.447. The first-order chi connectivity index (χ1) is 10.2. The van der Waals surface area contributed by atoms with Crippen LogP contribution in [0.4, 0.5) is 0 Å². The third kappa shape index (κ3) is 2.97. The second-order valence-electron chi connectivity index (χ2n) is 5.21. The SMILES string of the molecule is C=C1Oc2ccccc2C/C=C\C=C/1c1ccc(C)cc1. The summed E-state index contributed by atoms with van der Waals surface area (Å²) >= 11 is 0. The summed E-state index contributed by atoms with van der Waals surface area (Å²) in [4.78, 5) is 0. The maximum atomic E-state index is 6.01. The van der Waals surface area contributed by atoms with Crippen LogP contribution in [-0.2, 0) is 6.42 Å². The Kier molecular flexibility index (Phi) is 3.74. The van der Waals surface area contributed by atoms with Crippen molar-refractivity contribution in [2.75, 3.05) is 0 Å². The van der Waals surface area contributed by atoms with Crippen molar-refractivity contribution in [3.8, 4) is 5.75 Å². The summed E-state index contributed by atoms with van der Waals surface area (Å²) in [7, 11) is 0. The number of fused-ring (bicyclic) bond motifs is 1. The van der Waals surface area contributed by atoms with Crippen LogP contribution >= 0.6 is 0 Å². The van der Waals surface area contributed by atoms with Crippen LogP contribution in [0, 0.1) is 6.92 Å². The van der Waals surface area contributed by atoms with E-state index >= 15 is 0 Å². The number of aryl methyl sites for hydroxylation is 1. The fourth-order valence-electron chi connectivity index (χ4n) is 2.40. The molecule has 0 atom stereocenters. The Labute approximate surface area is 125 Å². The highest BCUT2D eigenvalue weighted by Gasteiger charge is 2.11. The molecule has 0 aliphatic carbocycles. The maximum Gasteiger partial charge on any atom is 0.130 e. The van der Waals surface area contributed by atoms with E-state index in [1.807, 2.05) is 18.2 Å². The third-order valence-corrected chi connectivity index (χ3v) is 3.61. The second kappa shape index (κ2) is 5.84. The van der Waals surface area contributed by atoms with Gasteiger partial charge in [0.15, 0.2) is 0 Å². The molecule has 0 fully saturated rings. The van der Waals surface area contributed by atoms with Crippen LogP contribution < -0.4 is 4.74 Å². The van der Waals surface area contributed by atoms with Gasteiger partial charge in [0.1, 0.15) is 11.5 Å². The molecule has 0 bridgehead atoms. The maximum absolute atomic E-state index is 6.01. The molecule has 2 aromatic rings. The van der Waals surface area contributed by atoms with Crippen molar-refractivity contribution >= 4 is 5.57 Å². The average molecular weight is 274 g/mol. The lowest BCUT2D eigenvalue weighted by Crippen LogP contribution is -1.99. The molecule has 0 aromatic heterocycles. The van der Waals surface area contributed by atoms with Crippen molar-refractivity contribution in [3.63, 3.8) is 0 Å². The minimum Gasteiger partial charge on any atom is -0.457 e. The van der Waals surface area contributed by atoms with E-state index in [1.54, 1.807) is 0 Å². The zero-order valence-electron chi connectivity index (χ0n) is 12.2. The van der Waals surface area contributed by atoms with Gasteiger partial charge in [-0.25, -0.2) is 0 Å². The number of ether oxygens (including phenoxy) is 1. The summed E-state index contributed by atoms with van der Waals surface area (Å²) in [5.74, 6) is 1.56. The summed E-state index contributed by atoms with van der Waals surface area (Å²) in [5.41, 5.74) is 4.56.